The van der Waals surface area contributed by atoms with E-state index in [9.17, 15) is 0 Å². The zero-order chi connectivity index (χ0) is 11.7. The van der Waals surface area contributed by atoms with Gasteiger partial charge in [-0.15, -0.1) is 0 Å². The molecule has 0 aliphatic carbocycles. The first kappa shape index (κ1) is 11.0. The first-order chi connectivity index (χ1) is 8.33. The Kier molecular flexibility index (Phi) is 2.97. The topological polar surface area (TPSA) is 40.0 Å². The Bertz CT molecular complexity index is 388. The molecule has 3 rings (SSSR count). The van der Waals surface area contributed by atoms with Crippen molar-refractivity contribution in [2.75, 3.05) is 32.7 Å². The van der Waals surface area contributed by atoms with E-state index < -0.39 is 0 Å². The van der Waals surface area contributed by atoms with Gasteiger partial charge >= 0.3 is 0 Å². The van der Waals surface area contributed by atoms with Gasteiger partial charge in [-0.05, 0) is 38.8 Å². The Morgan fingerprint density at radius 2 is 2.47 bits per heavy atom. The van der Waals surface area contributed by atoms with Gasteiger partial charge in [0.05, 0.1) is 0 Å². The van der Waals surface area contributed by atoms with E-state index in [0.29, 0.717) is 0 Å². The van der Waals surface area contributed by atoms with Crippen LogP contribution in [0.5, 0.6) is 0 Å². The monoisotopic (exact) mass is 232 g/mol. The SMILES string of the molecule is CC1=NC2=NCCC=C2CN1CC1CCNC1. The second kappa shape index (κ2) is 4.61. The number of amidine groups is 2. The van der Waals surface area contributed by atoms with E-state index in [4.69, 9.17) is 0 Å². The molecule has 1 saturated heterocycles. The van der Waals surface area contributed by atoms with Gasteiger partial charge in [-0.25, -0.2) is 4.99 Å². The van der Waals surface area contributed by atoms with Crippen LogP contribution in [0.4, 0.5) is 0 Å². The van der Waals surface area contributed by atoms with E-state index in [1.165, 1.54) is 18.5 Å². The molecule has 0 bridgehead atoms. The predicted octanol–water partition coefficient (Wildman–Crippen LogP) is 1.06. The Labute approximate surface area is 103 Å². The number of aliphatic imine (C=N–C) groups is 2. The van der Waals surface area contributed by atoms with Crippen LogP contribution in [0.1, 0.15) is 19.8 Å². The number of rotatable bonds is 2. The standard InChI is InChI=1S/C13H20N4/c1-10-16-13-12(3-2-5-15-13)9-17(10)8-11-4-6-14-7-11/h3,11,14H,2,4-9H2,1H3. The quantitative estimate of drug-likeness (QED) is 0.773. The van der Waals surface area contributed by atoms with Crippen molar-refractivity contribution in [2.24, 2.45) is 15.9 Å². The van der Waals surface area contributed by atoms with Gasteiger partial charge < -0.3 is 10.2 Å². The van der Waals surface area contributed by atoms with Crippen molar-refractivity contribution in [3.63, 3.8) is 0 Å². The van der Waals surface area contributed by atoms with E-state index in [-0.39, 0.29) is 0 Å². The molecule has 4 heteroatoms. The fourth-order valence-electron chi connectivity index (χ4n) is 2.77. The maximum Gasteiger partial charge on any atom is 0.154 e. The average Bonchev–Trinajstić information content (AvgIpc) is 2.83. The van der Waals surface area contributed by atoms with Crippen molar-refractivity contribution in [1.29, 1.82) is 0 Å². The molecule has 1 atom stereocenters. The van der Waals surface area contributed by atoms with E-state index in [1.54, 1.807) is 0 Å². The normalized spacial score (nSPS) is 28.4. The van der Waals surface area contributed by atoms with Crippen molar-refractivity contribution in [1.82, 2.24) is 10.2 Å². The fourth-order valence-corrected chi connectivity index (χ4v) is 2.77. The molecular weight excluding hydrogens is 212 g/mol. The van der Waals surface area contributed by atoms with Crippen LogP contribution in [0.3, 0.4) is 0 Å². The van der Waals surface area contributed by atoms with Crippen LogP contribution >= 0.6 is 0 Å². The highest BCUT2D eigenvalue weighted by Crippen LogP contribution is 2.19. The molecule has 3 heterocycles. The zero-order valence-corrected chi connectivity index (χ0v) is 10.4. The number of hydrogen-bond acceptors (Lipinski definition) is 4. The minimum Gasteiger partial charge on any atom is -0.355 e. The Morgan fingerprint density at radius 1 is 1.53 bits per heavy atom. The number of hydrogen-bond donors (Lipinski definition) is 1. The fraction of sp³-hybridized carbons (Fsp3) is 0.692. The van der Waals surface area contributed by atoms with Gasteiger partial charge in [0.15, 0.2) is 5.84 Å². The molecule has 3 aliphatic rings. The van der Waals surface area contributed by atoms with E-state index in [1.807, 2.05) is 0 Å². The minimum atomic E-state index is 0.780. The van der Waals surface area contributed by atoms with Crippen LogP contribution in [0.15, 0.2) is 21.6 Å². The molecule has 0 aromatic heterocycles. The molecule has 1 unspecified atom stereocenters. The molecule has 3 aliphatic heterocycles. The molecule has 1 N–H and O–H groups in total. The molecule has 0 aromatic rings. The van der Waals surface area contributed by atoms with Gasteiger partial charge in [0.1, 0.15) is 5.84 Å². The summed E-state index contributed by atoms with van der Waals surface area (Å²) in [5.74, 6) is 2.90. The summed E-state index contributed by atoms with van der Waals surface area (Å²) in [6.07, 6.45) is 4.67. The highest BCUT2D eigenvalue weighted by atomic mass is 15.2. The minimum absolute atomic E-state index is 0.780. The van der Waals surface area contributed by atoms with Gasteiger partial charge in [-0.1, -0.05) is 6.08 Å². The van der Waals surface area contributed by atoms with Gasteiger partial charge in [-0.3, -0.25) is 4.99 Å². The molecule has 1 fully saturated rings. The lowest BCUT2D eigenvalue weighted by atomic mass is 10.1. The summed E-state index contributed by atoms with van der Waals surface area (Å²) in [6.45, 7) is 7.48. The molecule has 0 aromatic carbocycles. The number of dihydropyridines is 1. The molecule has 0 radical (unpaired) electrons. The Balaban J connectivity index is 1.73. The van der Waals surface area contributed by atoms with Gasteiger partial charge in [0.25, 0.3) is 0 Å². The highest BCUT2D eigenvalue weighted by Gasteiger charge is 2.24. The Hall–Kier alpha value is -1.16. The molecule has 4 nitrogen and oxygen atoms in total. The summed E-state index contributed by atoms with van der Waals surface area (Å²) in [7, 11) is 0. The second-order valence-corrected chi connectivity index (χ2v) is 5.12. The van der Waals surface area contributed by atoms with Crippen LogP contribution in [-0.2, 0) is 0 Å². The molecule has 92 valence electrons. The lowest BCUT2D eigenvalue weighted by molar-refractivity contribution is 0.369. The lowest BCUT2D eigenvalue weighted by Gasteiger charge is -2.32. The molecule has 0 amide bonds. The van der Waals surface area contributed by atoms with Crippen LogP contribution < -0.4 is 5.32 Å². The van der Waals surface area contributed by atoms with E-state index in [2.05, 4.69) is 33.2 Å². The largest absolute Gasteiger partial charge is 0.355 e. The maximum absolute atomic E-state index is 4.63. The molecule has 0 saturated carbocycles. The van der Waals surface area contributed by atoms with Crippen molar-refractivity contribution in [3.05, 3.63) is 11.6 Å². The third-order valence-corrected chi connectivity index (χ3v) is 3.80. The molecule has 17 heavy (non-hydrogen) atoms. The van der Waals surface area contributed by atoms with Crippen LogP contribution in [0, 0.1) is 5.92 Å². The number of nitrogens with zero attached hydrogens (tertiary/aromatic N) is 3. The van der Waals surface area contributed by atoms with Crippen LogP contribution in [0.2, 0.25) is 0 Å². The third kappa shape index (κ3) is 2.27. The summed E-state index contributed by atoms with van der Waals surface area (Å²) >= 11 is 0. The van der Waals surface area contributed by atoms with Gasteiger partial charge in [-0.2, -0.15) is 0 Å². The van der Waals surface area contributed by atoms with Crippen LogP contribution in [-0.4, -0.2) is 49.3 Å². The predicted molar refractivity (Wildman–Crippen MR) is 70.7 cm³/mol. The zero-order valence-electron chi connectivity index (χ0n) is 10.4. The van der Waals surface area contributed by atoms with Gasteiger partial charge in [0.2, 0.25) is 0 Å². The van der Waals surface area contributed by atoms with Gasteiger partial charge in [0, 0.05) is 25.2 Å². The first-order valence-electron chi connectivity index (χ1n) is 6.58. The maximum atomic E-state index is 4.63. The Morgan fingerprint density at radius 3 is 3.29 bits per heavy atom. The first-order valence-corrected chi connectivity index (χ1v) is 6.58. The molecule has 0 spiro atoms. The summed E-state index contributed by atoms with van der Waals surface area (Å²) in [5, 5.41) is 3.43. The van der Waals surface area contributed by atoms with Crippen molar-refractivity contribution in [2.45, 2.75) is 19.8 Å². The summed E-state index contributed by atoms with van der Waals surface area (Å²) in [6, 6.07) is 0. The smallest absolute Gasteiger partial charge is 0.154 e. The lowest BCUT2D eigenvalue weighted by Crippen LogP contribution is -2.41. The second-order valence-electron chi connectivity index (χ2n) is 5.12. The summed E-state index contributed by atoms with van der Waals surface area (Å²) in [5.41, 5.74) is 1.33. The number of fused-ring (bicyclic) bond motifs is 1. The molecular formula is C13H20N4. The summed E-state index contributed by atoms with van der Waals surface area (Å²) in [4.78, 5) is 11.5. The summed E-state index contributed by atoms with van der Waals surface area (Å²) < 4.78 is 0. The van der Waals surface area contributed by atoms with Crippen molar-refractivity contribution in [3.8, 4) is 0 Å². The average molecular weight is 232 g/mol. The highest BCUT2D eigenvalue weighted by molar-refractivity contribution is 6.08. The van der Waals surface area contributed by atoms with E-state index >= 15 is 0 Å². The number of nitrogens with one attached hydrogen (secondary N) is 1. The third-order valence-electron chi connectivity index (χ3n) is 3.80. The van der Waals surface area contributed by atoms with Crippen LogP contribution in [0.25, 0.3) is 0 Å². The van der Waals surface area contributed by atoms with Crippen molar-refractivity contribution < 1.29 is 0 Å². The van der Waals surface area contributed by atoms with E-state index in [0.717, 1.165) is 50.2 Å². The van der Waals surface area contributed by atoms with Crippen molar-refractivity contribution >= 4 is 11.7 Å².